The molecule has 1 aliphatic rings. The fourth-order valence-electron chi connectivity index (χ4n) is 2.75. The molecule has 0 saturated heterocycles. The molecule has 2 heterocycles. The first-order valence-corrected chi connectivity index (χ1v) is 8.00. The van der Waals surface area contributed by atoms with Crippen LogP contribution in [0.3, 0.4) is 0 Å². The average Bonchev–Trinajstić information content (AvgIpc) is 3.24. The quantitative estimate of drug-likeness (QED) is 0.689. The molecule has 0 atom stereocenters. The number of nitrogens with two attached hydrogens (primary N) is 1. The van der Waals surface area contributed by atoms with Crippen molar-refractivity contribution < 1.29 is 9.59 Å². The molecule has 1 aromatic carbocycles. The minimum absolute atomic E-state index is 0.0109. The maximum absolute atomic E-state index is 12.7. The van der Waals surface area contributed by atoms with Crippen LogP contribution in [0.25, 0.3) is 11.0 Å². The van der Waals surface area contributed by atoms with Gasteiger partial charge < -0.3 is 11.1 Å². The first kappa shape index (κ1) is 15.3. The van der Waals surface area contributed by atoms with Crippen molar-refractivity contribution in [3.8, 4) is 0 Å². The highest BCUT2D eigenvalue weighted by molar-refractivity contribution is 5.93. The van der Waals surface area contributed by atoms with E-state index in [0.29, 0.717) is 28.4 Å². The van der Waals surface area contributed by atoms with Crippen LogP contribution in [-0.4, -0.2) is 36.4 Å². The molecule has 2 aromatic heterocycles. The lowest BCUT2D eigenvalue weighted by Crippen LogP contribution is -2.19. The van der Waals surface area contributed by atoms with E-state index < -0.39 is 0 Å². The second kappa shape index (κ2) is 5.69. The van der Waals surface area contributed by atoms with Gasteiger partial charge in [0.2, 0.25) is 5.91 Å². The molecule has 0 spiro atoms. The monoisotopic (exact) mass is 339 g/mol. The molecule has 1 aliphatic carbocycles. The maximum atomic E-state index is 12.7. The van der Waals surface area contributed by atoms with E-state index in [1.807, 2.05) is 0 Å². The Hall–Kier alpha value is -3.23. The number of rotatable bonds is 4. The second-order valence-corrected chi connectivity index (χ2v) is 6.20. The number of nitrogen functional groups attached to an aromatic ring is 1. The van der Waals surface area contributed by atoms with Crippen LogP contribution in [0, 0.1) is 12.8 Å². The van der Waals surface area contributed by atoms with Gasteiger partial charge in [-0.25, -0.2) is 9.67 Å². The van der Waals surface area contributed by atoms with Crippen LogP contribution in [0.2, 0.25) is 0 Å². The zero-order valence-electron chi connectivity index (χ0n) is 13.6. The summed E-state index contributed by atoms with van der Waals surface area (Å²) < 4.78 is 2.92. The smallest absolute Gasteiger partial charge is 0.254 e. The van der Waals surface area contributed by atoms with Crippen LogP contribution < -0.4 is 11.1 Å². The number of hydrogen-bond acceptors (Lipinski definition) is 6. The average molecular weight is 339 g/mol. The molecule has 4 rings (SSSR count). The highest BCUT2D eigenvalue weighted by atomic mass is 16.2. The fraction of sp³-hybridized carbons (Fsp3) is 0.312. The molecule has 9 heteroatoms. The number of aromatic nitrogens is 5. The number of amides is 1. The number of nitrogens with one attached hydrogen (secondary N) is 1. The van der Waals surface area contributed by atoms with Gasteiger partial charge in [-0.05, 0) is 38.0 Å². The van der Waals surface area contributed by atoms with Crippen molar-refractivity contribution in [2.75, 3.05) is 11.1 Å². The number of fused-ring (bicyclic) bond motifs is 1. The molecule has 0 bridgehead atoms. The summed E-state index contributed by atoms with van der Waals surface area (Å²) in [6, 6.07) is 5.23. The number of aryl methyl sites for hydroxylation is 1. The lowest BCUT2D eigenvalue weighted by atomic mass is 10.3. The molecule has 0 aliphatic heterocycles. The predicted molar refractivity (Wildman–Crippen MR) is 90.9 cm³/mol. The van der Waals surface area contributed by atoms with Crippen LogP contribution in [0.15, 0.2) is 24.4 Å². The van der Waals surface area contributed by atoms with Gasteiger partial charge in [-0.2, -0.15) is 0 Å². The minimum Gasteiger partial charge on any atom is -0.399 e. The minimum atomic E-state index is -0.199. The summed E-state index contributed by atoms with van der Waals surface area (Å²) in [4.78, 5) is 28.8. The predicted octanol–water partition coefficient (Wildman–Crippen LogP) is 1.21. The van der Waals surface area contributed by atoms with Crippen molar-refractivity contribution in [2.24, 2.45) is 5.92 Å². The van der Waals surface area contributed by atoms with Gasteiger partial charge in [-0.3, -0.25) is 14.2 Å². The summed E-state index contributed by atoms with van der Waals surface area (Å²) in [7, 11) is 0. The Bertz CT molecular complexity index is 984. The molecule has 1 amide bonds. The normalized spacial score (nSPS) is 14.0. The lowest BCUT2D eigenvalue weighted by molar-refractivity contribution is -0.117. The third-order valence-electron chi connectivity index (χ3n) is 4.13. The van der Waals surface area contributed by atoms with Crippen molar-refractivity contribution >= 4 is 34.4 Å². The van der Waals surface area contributed by atoms with Crippen LogP contribution >= 0.6 is 0 Å². The third-order valence-corrected chi connectivity index (χ3v) is 4.13. The first-order valence-electron chi connectivity index (χ1n) is 8.00. The van der Waals surface area contributed by atoms with Gasteiger partial charge in [0.1, 0.15) is 12.4 Å². The molecule has 1 fully saturated rings. The van der Waals surface area contributed by atoms with Crippen molar-refractivity contribution in [3.63, 3.8) is 0 Å². The van der Waals surface area contributed by atoms with E-state index in [1.54, 1.807) is 31.3 Å². The molecule has 9 nitrogen and oxygen atoms in total. The van der Waals surface area contributed by atoms with Crippen molar-refractivity contribution in [1.82, 2.24) is 24.5 Å². The summed E-state index contributed by atoms with van der Waals surface area (Å²) in [5.41, 5.74) is 7.72. The molecular formula is C16H17N7O2. The summed E-state index contributed by atoms with van der Waals surface area (Å²) in [5, 5.41) is 10.5. The van der Waals surface area contributed by atoms with Gasteiger partial charge in [-0.15, -0.1) is 5.10 Å². The third kappa shape index (κ3) is 2.95. The van der Waals surface area contributed by atoms with E-state index in [0.717, 1.165) is 12.8 Å². The first-order chi connectivity index (χ1) is 12.0. The Balaban J connectivity index is 1.53. The van der Waals surface area contributed by atoms with Crippen LogP contribution in [-0.2, 0) is 11.3 Å². The zero-order valence-corrected chi connectivity index (χ0v) is 13.6. The van der Waals surface area contributed by atoms with E-state index in [2.05, 4.69) is 20.6 Å². The number of benzene rings is 1. The Labute approximate surface area is 142 Å². The molecule has 25 heavy (non-hydrogen) atoms. The SMILES string of the molecule is Cc1nc2cc(N)ccc2n1C(=O)Cn1cc(NC(=O)C2CC2)nn1. The maximum Gasteiger partial charge on any atom is 0.254 e. The van der Waals surface area contributed by atoms with Crippen molar-refractivity contribution in [1.29, 1.82) is 0 Å². The van der Waals surface area contributed by atoms with Crippen LogP contribution in [0.5, 0.6) is 0 Å². The number of carbonyl (C=O) groups is 2. The van der Waals surface area contributed by atoms with E-state index in [1.165, 1.54) is 9.25 Å². The standard InChI is InChI=1S/C16H17N7O2/c1-9-18-12-6-11(17)4-5-13(12)23(9)15(24)8-22-7-14(20-21-22)19-16(25)10-2-3-10/h4-7,10H,2-3,8,17H2,1H3,(H,19,25). The highest BCUT2D eigenvalue weighted by Gasteiger charge is 2.30. The number of anilines is 2. The van der Waals surface area contributed by atoms with Gasteiger partial charge in [-0.1, -0.05) is 5.21 Å². The number of carbonyl (C=O) groups excluding carboxylic acids is 2. The molecule has 0 radical (unpaired) electrons. The highest BCUT2D eigenvalue weighted by Crippen LogP contribution is 2.29. The van der Waals surface area contributed by atoms with E-state index >= 15 is 0 Å². The Morgan fingerprint density at radius 2 is 2.16 bits per heavy atom. The van der Waals surface area contributed by atoms with Crippen molar-refractivity contribution in [2.45, 2.75) is 26.3 Å². The van der Waals surface area contributed by atoms with E-state index in [-0.39, 0.29) is 24.3 Å². The van der Waals surface area contributed by atoms with Gasteiger partial charge in [0, 0.05) is 11.6 Å². The molecule has 3 N–H and O–H groups in total. The molecule has 3 aromatic rings. The second-order valence-electron chi connectivity index (χ2n) is 6.20. The van der Waals surface area contributed by atoms with Crippen molar-refractivity contribution in [3.05, 3.63) is 30.2 Å². The molecule has 1 saturated carbocycles. The number of hydrogen-bond donors (Lipinski definition) is 2. The fourth-order valence-corrected chi connectivity index (χ4v) is 2.75. The molecule has 128 valence electrons. The number of nitrogens with zero attached hydrogens (tertiary/aromatic N) is 5. The Morgan fingerprint density at radius 3 is 2.92 bits per heavy atom. The summed E-state index contributed by atoms with van der Waals surface area (Å²) in [5.74, 6) is 0.763. The van der Waals surface area contributed by atoms with Gasteiger partial charge in [0.05, 0.1) is 17.2 Å². The Morgan fingerprint density at radius 1 is 1.36 bits per heavy atom. The van der Waals surface area contributed by atoms with Crippen LogP contribution in [0.1, 0.15) is 23.5 Å². The van der Waals surface area contributed by atoms with Gasteiger partial charge in [0.25, 0.3) is 5.91 Å². The summed E-state index contributed by atoms with van der Waals surface area (Å²) in [6.45, 7) is 1.75. The van der Waals surface area contributed by atoms with E-state index in [4.69, 9.17) is 5.73 Å². The van der Waals surface area contributed by atoms with E-state index in [9.17, 15) is 9.59 Å². The molecular weight excluding hydrogens is 322 g/mol. The largest absolute Gasteiger partial charge is 0.399 e. The number of imidazole rings is 1. The summed E-state index contributed by atoms with van der Waals surface area (Å²) in [6.07, 6.45) is 3.37. The lowest BCUT2D eigenvalue weighted by Gasteiger charge is -2.05. The van der Waals surface area contributed by atoms with Gasteiger partial charge >= 0.3 is 0 Å². The van der Waals surface area contributed by atoms with Gasteiger partial charge in [0.15, 0.2) is 5.82 Å². The zero-order chi connectivity index (χ0) is 17.6. The molecule has 0 unspecified atom stereocenters. The topological polar surface area (TPSA) is 121 Å². The summed E-state index contributed by atoms with van der Waals surface area (Å²) >= 11 is 0. The Kier molecular flexibility index (Phi) is 3.48. The van der Waals surface area contributed by atoms with Crippen LogP contribution in [0.4, 0.5) is 11.5 Å².